The van der Waals surface area contributed by atoms with E-state index in [1.54, 1.807) is 0 Å². The van der Waals surface area contributed by atoms with E-state index in [-0.39, 0.29) is 6.07 Å². The maximum absolute atomic E-state index is 14.4. The molecule has 17 heteroatoms. The van der Waals surface area contributed by atoms with Crippen molar-refractivity contribution in [1.29, 1.82) is 5.26 Å². The van der Waals surface area contributed by atoms with Crippen molar-refractivity contribution in [2.75, 3.05) is 0 Å². The number of nitrogens with zero attached hydrogens (tertiary/aromatic N) is 2. The third-order valence-corrected chi connectivity index (χ3v) is 5.21. The summed E-state index contributed by atoms with van der Waals surface area (Å²) >= 11 is 2.33. The zero-order valence-electron chi connectivity index (χ0n) is 16.2. The molecule has 0 unspecified atom stereocenters. The molecular weight excluding hydrogens is 576 g/mol. The van der Waals surface area contributed by atoms with Gasteiger partial charge in [0.05, 0.1) is 21.6 Å². The number of hydrogen-bond acceptors (Lipinski definition) is 4. The number of amides is 1. The van der Waals surface area contributed by atoms with Gasteiger partial charge in [0, 0.05) is 15.6 Å². The van der Waals surface area contributed by atoms with E-state index in [0.29, 0.717) is 12.1 Å². The Kier molecular flexibility index (Phi) is 6.89. The van der Waals surface area contributed by atoms with Crippen LogP contribution >= 0.6 is 15.9 Å². The predicted octanol–water partition coefficient (Wildman–Crippen LogP) is 6.30. The number of carbonyl (C=O) groups excluding carboxylic acids is 1. The lowest BCUT2D eigenvalue weighted by atomic mass is 9.87. The van der Waals surface area contributed by atoms with Crippen molar-refractivity contribution in [3.8, 4) is 17.2 Å². The molecule has 0 saturated carbocycles. The number of rotatable bonds is 4. The topological polar surface area (TPSA) is 110 Å². The number of primary amides is 1. The molecule has 1 amide bonds. The maximum atomic E-state index is 14.4. The van der Waals surface area contributed by atoms with Crippen LogP contribution in [0, 0.1) is 21.4 Å². The summed E-state index contributed by atoms with van der Waals surface area (Å²) in [6.45, 7) is 0. The number of nitrogens with two attached hydrogens (primary N) is 1. The van der Waals surface area contributed by atoms with Gasteiger partial charge < -0.3 is 5.73 Å². The molecule has 2 aromatic carbocycles. The van der Waals surface area contributed by atoms with Gasteiger partial charge in [0.25, 0.3) is 5.69 Å². The molecule has 0 aromatic heterocycles. The van der Waals surface area contributed by atoms with Gasteiger partial charge in [0.1, 0.15) is 11.6 Å². The summed E-state index contributed by atoms with van der Waals surface area (Å²) in [7, 11) is 0. The van der Waals surface area contributed by atoms with Crippen LogP contribution in [0.4, 0.5) is 49.6 Å². The number of benzene rings is 2. The van der Waals surface area contributed by atoms with E-state index in [9.17, 15) is 64.1 Å². The van der Waals surface area contributed by atoms with Crippen molar-refractivity contribution in [3.63, 3.8) is 0 Å². The Bertz CT molecular complexity index is 1250. The van der Waals surface area contributed by atoms with Gasteiger partial charge >= 0.3 is 24.2 Å². The minimum atomic E-state index is -6.75. The molecule has 0 radical (unpaired) electrons. The van der Waals surface area contributed by atoms with Gasteiger partial charge in [0.2, 0.25) is 5.91 Å². The first-order valence-electron chi connectivity index (χ1n) is 8.45. The third-order valence-electron chi connectivity index (χ3n) is 4.58. The minimum absolute atomic E-state index is 0.274. The zero-order chi connectivity index (χ0) is 27.3. The SMILES string of the molecule is N#Cc1c(C(N)=O)ccc(-c2c(Br)cc(C(F)(C(F)(F)F)C(F)(F)F)cc2C(F)(F)F)c1[N+](=O)[O-]. The molecule has 0 aliphatic heterocycles. The molecule has 0 aliphatic rings. The van der Waals surface area contributed by atoms with Crippen molar-refractivity contribution < 1.29 is 53.6 Å². The summed E-state index contributed by atoms with van der Waals surface area (Å²) in [5.41, 5.74) is -12.1. The summed E-state index contributed by atoms with van der Waals surface area (Å²) in [5.74, 6) is -1.40. The van der Waals surface area contributed by atoms with Crippen LogP contribution in [0.5, 0.6) is 0 Å². The van der Waals surface area contributed by atoms with Crippen molar-refractivity contribution in [2.45, 2.75) is 24.2 Å². The second kappa shape index (κ2) is 8.66. The summed E-state index contributed by atoms with van der Waals surface area (Å²) in [4.78, 5) is 21.6. The van der Waals surface area contributed by atoms with E-state index in [0.717, 1.165) is 0 Å². The smallest absolute Gasteiger partial charge is 0.366 e. The van der Waals surface area contributed by atoms with Gasteiger partial charge in [-0.1, -0.05) is 15.9 Å². The summed E-state index contributed by atoms with van der Waals surface area (Å²) < 4.78 is 133. The summed E-state index contributed by atoms with van der Waals surface area (Å²) in [5, 5.41) is 20.8. The minimum Gasteiger partial charge on any atom is -0.366 e. The van der Waals surface area contributed by atoms with Gasteiger partial charge in [-0.25, -0.2) is 4.39 Å². The molecule has 0 fully saturated rings. The highest BCUT2D eigenvalue weighted by molar-refractivity contribution is 9.10. The van der Waals surface area contributed by atoms with Crippen LogP contribution in [0.2, 0.25) is 0 Å². The molecular formula is C18H6BrF10N3O3. The lowest BCUT2D eigenvalue weighted by Gasteiger charge is -2.31. The van der Waals surface area contributed by atoms with E-state index < -0.39 is 84.6 Å². The van der Waals surface area contributed by atoms with Crippen LogP contribution in [-0.2, 0) is 11.8 Å². The molecule has 2 aromatic rings. The Morgan fingerprint density at radius 2 is 1.51 bits per heavy atom. The van der Waals surface area contributed by atoms with Crippen LogP contribution in [0.25, 0.3) is 11.1 Å². The molecule has 0 aliphatic carbocycles. The monoisotopic (exact) mass is 581 g/mol. The Hall–Kier alpha value is -3.42. The average Bonchev–Trinajstić information content (AvgIpc) is 2.68. The molecule has 2 rings (SSSR count). The Morgan fingerprint density at radius 3 is 1.89 bits per heavy atom. The first-order valence-corrected chi connectivity index (χ1v) is 9.24. The highest BCUT2D eigenvalue weighted by Gasteiger charge is 2.73. The summed E-state index contributed by atoms with van der Waals surface area (Å²) in [6.07, 6.45) is -19.3. The molecule has 35 heavy (non-hydrogen) atoms. The number of nitro groups is 1. The van der Waals surface area contributed by atoms with Crippen LogP contribution < -0.4 is 5.73 Å². The number of nitro benzene ring substituents is 1. The van der Waals surface area contributed by atoms with Crippen molar-refractivity contribution in [1.82, 2.24) is 0 Å². The molecule has 2 N–H and O–H groups in total. The number of halogens is 11. The highest BCUT2D eigenvalue weighted by atomic mass is 79.9. The van der Waals surface area contributed by atoms with Crippen molar-refractivity contribution in [2.24, 2.45) is 5.73 Å². The molecule has 0 atom stereocenters. The quantitative estimate of drug-likeness (QED) is 0.259. The fourth-order valence-electron chi connectivity index (χ4n) is 3.09. The molecule has 0 bridgehead atoms. The lowest BCUT2D eigenvalue weighted by molar-refractivity contribution is -0.384. The van der Waals surface area contributed by atoms with E-state index in [1.165, 1.54) is 6.07 Å². The van der Waals surface area contributed by atoms with Crippen molar-refractivity contribution >= 4 is 27.5 Å². The Morgan fingerprint density at radius 1 is 1.00 bits per heavy atom. The number of carbonyl (C=O) groups is 1. The largest absolute Gasteiger partial charge is 0.435 e. The highest BCUT2D eigenvalue weighted by Crippen LogP contribution is 2.56. The number of alkyl halides is 10. The van der Waals surface area contributed by atoms with E-state index in [4.69, 9.17) is 5.73 Å². The zero-order valence-corrected chi connectivity index (χ0v) is 17.7. The average molecular weight is 582 g/mol. The van der Waals surface area contributed by atoms with Gasteiger partial charge in [-0.2, -0.15) is 44.8 Å². The van der Waals surface area contributed by atoms with Crippen LogP contribution in [-0.4, -0.2) is 23.2 Å². The molecule has 0 spiro atoms. The van der Waals surface area contributed by atoms with Gasteiger partial charge in [-0.15, -0.1) is 0 Å². The van der Waals surface area contributed by atoms with Gasteiger partial charge in [-0.05, 0) is 24.3 Å². The second-order valence-electron chi connectivity index (χ2n) is 6.65. The van der Waals surface area contributed by atoms with E-state index in [1.807, 2.05) is 0 Å². The number of nitriles is 1. The molecule has 6 nitrogen and oxygen atoms in total. The fourth-order valence-corrected chi connectivity index (χ4v) is 3.77. The second-order valence-corrected chi connectivity index (χ2v) is 7.50. The molecule has 188 valence electrons. The maximum Gasteiger partial charge on any atom is 0.435 e. The first kappa shape index (κ1) is 27.8. The third kappa shape index (κ3) is 4.61. The van der Waals surface area contributed by atoms with Crippen LogP contribution in [0.15, 0.2) is 28.7 Å². The lowest BCUT2D eigenvalue weighted by Crippen LogP contribution is -2.50. The first-order chi connectivity index (χ1) is 15.7. The van der Waals surface area contributed by atoms with Gasteiger partial charge in [-0.3, -0.25) is 14.9 Å². The van der Waals surface area contributed by atoms with Gasteiger partial charge in [0.15, 0.2) is 0 Å². The number of hydrogen-bond donors (Lipinski definition) is 1. The van der Waals surface area contributed by atoms with Crippen LogP contribution in [0.3, 0.4) is 0 Å². The fraction of sp³-hybridized carbons (Fsp3) is 0.222. The standard InChI is InChI=1S/C18H6BrF10N3O3/c19-11-4-6(15(20,17(24,25)26)18(27,28)29)3-10(16(21,22)23)12(11)8-2-1-7(14(31)33)9(5-30)13(8)32(34)35/h1-4H,(H2,31,33). The van der Waals surface area contributed by atoms with E-state index in [2.05, 4.69) is 15.9 Å². The Labute approximate surface area is 195 Å². The van der Waals surface area contributed by atoms with Crippen molar-refractivity contribution in [3.05, 3.63) is 61.1 Å². The predicted molar refractivity (Wildman–Crippen MR) is 99.4 cm³/mol. The molecule has 0 heterocycles. The summed E-state index contributed by atoms with van der Waals surface area (Å²) in [6, 6.07) is 1.19. The Balaban J connectivity index is 3.12. The van der Waals surface area contributed by atoms with E-state index >= 15 is 0 Å². The van der Waals surface area contributed by atoms with Crippen LogP contribution in [0.1, 0.15) is 27.0 Å². The molecule has 0 saturated heterocycles. The normalized spacial score (nSPS) is 12.9.